The van der Waals surface area contributed by atoms with E-state index in [9.17, 15) is 13.2 Å². The standard InChI is InChI=1S/C25H32N2O6S/c1-3-4-6-23-24(21-17-19(27-34(2,30)31)9-12-22(21)33-23)25(29)18-7-10-20(11-8-18)32-16-5-13-26-14-15-28/h7-12,17,26-28H,3-6,13-16H2,1-2H3. The number of hydrogen-bond acceptors (Lipinski definition) is 7. The van der Waals surface area contributed by atoms with Gasteiger partial charge in [-0.1, -0.05) is 13.3 Å². The summed E-state index contributed by atoms with van der Waals surface area (Å²) in [5, 5.41) is 12.4. The van der Waals surface area contributed by atoms with Crippen molar-refractivity contribution < 1.29 is 27.5 Å². The number of nitrogens with one attached hydrogen (secondary N) is 2. The van der Waals surface area contributed by atoms with Gasteiger partial charge in [-0.15, -0.1) is 0 Å². The minimum atomic E-state index is -3.45. The molecule has 3 aromatic rings. The first-order valence-electron chi connectivity index (χ1n) is 11.4. The van der Waals surface area contributed by atoms with Crippen LogP contribution in [0.2, 0.25) is 0 Å². The summed E-state index contributed by atoms with van der Waals surface area (Å²) in [6, 6.07) is 11.9. The van der Waals surface area contributed by atoms with Crippen LogP contribution in [-0.2, 0) is 16.4 Å². The number of furan rings is 1. The Hall–Kier alpha value is -2.88. The molecule has 9 heteroatoms. The van der Waals surface area contributed by atoms with Gasteiger partial charge in [-0.25, -0.2) is 8.42 Å². The third kappa shape index (κ3) is 7.06. The summed E-state index contributed by atoms with van der Waals surface area (Å²) in [5.74, 6) is 1.09. The molecule has 2 aromatic carbocycles. The average Bonchev–Trinajstić information content (AvgIpc) is 3.16. The van der Waals surface area contributed by atoms with Crippen molar-refractivity contribution in [3.8, 4) is 5.75 Å². The molecule has 184 valence electrons. The number of sulfonamides is 1. The topological polar surface area (TPSA) is 118 Å². The van der Waals surface area contributed by atoms with Gasteiger partial charge >= 0.3 is 0 Å². The van der Waals surface area contributed by atoms with Crippen molar-refractivity contribution in [3.63, 3.8) is 0 Å². The van der Waals surface area contributed by atoms with Gasteiger partial charge in [-0.05, 0) is 61.9 Å². The number of fused-ring (bicyclic) bond motifs is 1. The number of unbranched alkanes of at least 4 members (excludes halogenated alkanes) is 1. The summed E-state index contributed by atoms with van der Waals surface area (Å²) in [5.41, 5.74) is 1.88. The number of aryl methyl sites for hydroxylation is 1. The Morgan fingerprint density at radius 2 is 1.85 bits per heavy atom. The average molecular weight is 489 g/mol. The second kappa shape index (κ2) is 12.0. The van der Waals surface area contributed by atoms with Crippen molar-refractivity contribution in [1.29, 1.82) is 0 Å². The van der Waals surface area contributed by atoms with Crippen LogP contribution in [0.3, 0.4) is 0 Å². The largest absolute Gasteiger partial charge is 0.494 e. The molecule has 8 nitrogen and oxygen atoms in total. The highest BCUT2D eigenvalue weighted by Crippen LogP contribution is 2.32. The van der Waals surface area contributed by atoms with Gasteiger partial charge in [-0.2, -0.15) is 0 Å². The number of aliphatic hydroxyl groups is 1. The third-order valence-electron chi connectivity index (χ3n) is 5.22. The molecule has 0 atom stereocenters. The van der Waals surface area contributed by atoms with Gasteiger partial charge in [-0.3, -0.25) is 9.52 Å². The van der Waals surface area contributed by atoms with Gasteiger partial charge < -0.3 is 19.6 Å². The highest BCUT2D eigenvalue weighted by molar-refractivity contribution is 7.92. The fraction of sp³-hybridized carbons (Fsp3) is 0.400. The first-order chi connectivity index (χ1) is 16.3. The van der Waals surface area contributed by atoms with Crippen LogP contribution in [0.4, 0.5) is 5.69 Å². The van der Waals surface area contributed by atoms with Gasteiger partial charge in [0.05, 0.1) is 25.0 Å². The van der Waals surface area contributed by atoms with E-state index >= 15 is 0 Å². The molecule has 0 unspecified atom stereocenters. The number of ether oxygens (including phenoxy) is 1. The minimum absolute atomic E-state index is 0.109. The number of benzene rings is 2. The van der Waals surface area contributed by atoms with E-state index in [1.807, 2.05) is 0 Å². The molecule has 0 saturated heterocycles. The van der Waals surface area contributed by atoms with Crippen LogP contribution in [0.25, 0.3) is 11.0 Å². The zero-order valence-corrected chi connectivity index (χ0v) is 20.4. The SMILES string of the molecule is CCCCc1oc2ccc(NS(C)(=O)=O)cc2c1C(=O)c1ccc(OCCCNCCO)cc1. The zero-order valence-electron chi connectivity index (χ0n) is 19.6. The van der Waals surface area contributed by atoms with Crippen molar-refractivity contribution in [2.24, 2.45) is 0 Å². The van der Waals surface area contributed by atoms with Crippen LogP contribution in [0.5, 0.6) is 5.75 Å². The summed E-state index contributed by atoms with van der Waals surface area (Å²) >= 11 is 0. The fourth-order valence-corrected chi connectivity index (χ4v) is 4.18. The van der Waals surface area contributed by atoms with Crippen molar-refractivity contribution in [1.82, 2.24) is 5.32 Å². The lowest BCUT2D eigenvalue weighted by atomic mass is 9.98. The van der Waals surface area contributed by atoms with E-state index in [1.165, 1.54) is 0 Å². The second-order valence-corrected chi connectivity index (χ2v) is 9.87. The van der Waals surface area contributed by atoms with E-state index in [4.69, 9.17) is 14.3 Å². The maximum atomic E-state index is 13.5. The van der Waals surface area contributed by atoms with Crippen LogP contribution in [-0.4, -0.2) is 51.9 Å². The first-order valence-corrected chi connectivity index (χ1v) is 13.3. The highest BCUT2D eigenvalue weighted by Gasteiger charge is 2.22. The Labute approximate surface area is 200 Å². The van der Waals surface area contributed by atoms with Gasteiger partial charge in [0.25, 0.3) is 0 Å². The molecule has 0 bridgehead atoms. The van der Waals surface area contributed by atoms with Crippen LogP contribution >= 0.6 is 0 Å². The Kier molecular flexibility index (Phi) is 9.09. The Morgan fingerprint density at radius 3 is 2.53 bits per heavy atom. The summed E-state index contributed by atoms with van der Waals surface area (Å²) < 4.78 is 37.5. The Bertz CT molecular complexity index is 1200. The van der Waals surface area contributed by atoms with E-state index in [2.05, 4.69) is 17.0 Å². The first kappa shape index (κ1) is 25.7. The Morgan fingerprint density at radius 1 is 1.09 bits per heavy atom. The molecule has 3 rings (SSSR count). The van der Waals surface area contributed by atoms with Crippen LogP contribution in [0.15, 0.2) is 46.9 Å². The molecule has 0 aliphatic rings. The molecule has 3 N–H and O–H groups in total. The smallest absolute Gasteiger partial charge is 0.229 e. The summed E-state index contributed by atoms with van der Waals surface area (Å²) in [4.78, 5) is 13.5. The molecule has 1 heterocycles. The van der Waals surface area contributed by atoms with E-state index < -0.39 is 10.0 Å². The molecular weight excluding hydrogens is 456 g/mol. The summed E-state index contributed by atoms with van der Waals surface area (Å²) in [6.45, 7) is 4.01. The van der Waals surface area contributed by atoms with Gasteiger partial charge in [0.15, 0.2) is 5.78 Å². The number of carbonyl (C=O) groups excluding carboxylic acids is 1. The predicted molar refractivity (Wildman–Crippen MR) is 133 cm³/mol. The zero-order chi connectivity index (χ0) is 24.6. The lowest BCUT2D eigenvalue weighted by Crippen LogP contribution is -2.20. The van der Waals surface area contributed by atoms with Gasteiger partial charge in [0, 0.05) is 29.6 Å². The number of aliphatic hydroxyl groups excluding tert-OH is 1. The maximum absolute atomic E-state index is 13.5. The van der Waals surface area contributed by atoms with Gasteiger partial charge in [0.2, 0.25) is 10.0 Å². The molecule has 0 amide bonds. The van der Waals surface area contributed by atoms with Crippen LogP contribution in [0.1, 0.15) is 47.9 Å². The van der Waals surface area contributed by atoms with Crippen molar-refractivity contribution in [2.45, 2.75) is 32.6 Å². The lowest BCUT2D eigenvalue weighted by molar-refractivity contribution is 0.103. The van der Waals surface area contributed by atoms with Crippen molar-refractivity contribution in [2.75, 3.05) is 37.3 Å². The molecule has 0 spiro atoms. The minimum Gasteiger partial charge on any atom is -0.494 e. The number of carbonyl (C=O) groups is 1. The van der Waals surface area contributed by atoms with Crippen LogP contribution < -0.4 is 14.8 Å². The predicted octanol–water partition coefficient (Wildman–Crippen LogP) is 3.73. The molecule has 0 aliphatic heterocycles. The molecule has 0 saturated carbocycles. The number of ketones is 1. The summed E-state index contributed by atoms with van der Waals surface area (Å²) in [7, 11) is -3.45. The van der Waals surface area contributed by atoms with Gasteiger partial charge in [0.1, 0.15) is 17.1 Å². The fourth-order valence-electron chi connectivity index (χ4n) is 3.63. The van der Waals surface area contributed by atoms with Crippen molar-refractivity contribution in [3.05, 3.63) is 59.4 Å². The van der Waals surface area contributed by atoms with E-state index in [-0.39, 0.29) is 12.4 Å². The Balaban J connectivity index is 1.82. The number of rotatable bonds is 14. The molecule has 34 heavy (non-hydrogen) atoms. The lowest BCUT2D eigenvalue weighted by Gasteiger charge is -2.08. The van der Waals surface area contributed by atoms with E-state index in [1.54, 1.807) is 42.5 Å². The highest BCUT2D eigenvalue weighted by atomic mass is 32.2. The molecule has 0 fully saturated rings. The number of hydrogen-bond donors (Lipinski definition) is 3. The monoisotopic (exact) mass is 488 g/mol. The second-order valence-electron chi connectivity index (χ2n) is 8.12. The quantitative estimate of drug-likeness (QED) is 0.234. The van der Waals surface area contributed by atoms with Crippen molar-refractivity contribution >= 4 is 32.5 Å². The molecule has 1 aromatic heterocycles. The van der Waals surface area contributed by atoms with E-state index in [0.29, 0.717) is 58.9 Å². The van der Waals surface area contributed by atoms with E-state index in [0.717, 1.165) is 32.1 Å². The molecule has 0 aliphatic carbocycles. The molecular formula is C25H32N2O6S. The van der Waals surface area contributed by atoms with Crippen LogP contribution in [0, 0.1) is 0 Å². The third-order valence-corrected chi connectivity index (χ3v) is 5.83. The summed E-state index contributed by atoms with van der Waals surface area (Å²) in [6.07, 6.45) is 4.32. The molecule has 0 radical (unpaired) electrons. The maximum Gasteiger partial charge on any atom is 0.229 e. The normalized spacial score (nSPS) is 11.6. The number of anilines is 1.